The lowest BCUT2D eigenvalue weighted by Gasteiger charge is -2.19. The number of rotatable bonds is 5. The van der Waals surface area contributed by atoms with Crippen LogP contribution in [-0.2, 0) is 0 Å². The molecule has 16 heteroatoms. The Morgan fingerprint density at radius 2 is 0.703 bits per heavy atom. The van der Waals surface area contributed by atoms with Gasteiger partial charge in [-0.15, -0.1) is 0 Å². The Morgan fingerprint density at radius 3 is 1.25 bits per heavy atom. The van der Waals surface area contributed by atoms with Crippen molar-refractivity contribution in [2.45, 2.75) is 0 Å². The number of aromatic hydroxyl groups is 9. The molecule has 2 aromatic heterocycles. The Kier molecular flexibility index (Phi) is 8.88. The van der Waals surface area contributed by atoms with E-state index in [2.05, 4.69) is 0 Å². The third-order valence-corrected chi connectivity index (χ3v) is 11.9. The minimum atomic E-state index is -1.10. The molecule has 10 radical (unpaired) electrons. The second-order valence-electron chi connectivity index (χ2n) is 15.4. The number of hydrogen-bond acceptors (Lipinski definition) is 9. The van der Waals surface area contributed by atoms with Gasteiger partial charge < -0.3 is 55.1 Å². The van der Waals surface area contributed by atoms with Crippen molar-refractivity contribution in [1.82, 2.24) is 9.13 Å². The quantitative estimate of drug-likeness (QED) is 0.0696. The molecule has 2 heterocycles. The summed E-state index contributed by atoms with van der Waals surface area (Å²) in [5.74, 6) is -7.95. The summed E-state index contributed by atoms with van der Waals surface area (Å²) in [5.41, 5.74) is -0.609. The maximum absolute atomic E-state index is 12.6. The van der Waals surface area contributed by atoms with Crippen molar-refractivity contribution < 1.29 is 46.0 Å². The zero-order chi connectivity index (χ0) is 45.2. The first-order valence-electron chi connectivity index (χ1n) is 19.5. The Labute approximate surface area is 369 Å². The van der Waals surface area contributed by atoms with E-state index in [1.807, 2.05) is 78.9 Å². The van der Waals surface area contributed by atoms with Crippen molar-refractivity contribution >= 4 is 110 Å². The molecule has 0 atom stereocenters. The van der Waals surface area contributed by atoms with Gasteiger partial charge in [-0.2, -0.15) is 0 Å². The normalized spacial score (nSPS) is 11.7. The van der Waals surface area contributed by atoms with Crippen LogP contribution in [0.2, 0.25) is 0 Å². The van der Waals surface area contributed by atoms with Crippen LogP contribution in [0.25, 0.3) is 88.4 Å². The second kappa shape index (κ2) is 14.2. The number of para-hydroxylation sites is 1. The summed E-state index contributed by atoms with van der Waals surface area (Å²) in [5, 5.41) is 105. The maximum atomic E-state index is 12.6. The lowest BCUT2D eigenvalue weighted by Crippen LogP contribution is -2.32. The molecule has 10 rings (SSSR count). The van der Waals surface area contributed by atoms with Crippen molar-refractivity contribution in [3.8, 4) is 96.5 Å². The molecule has 0 aliphatic heterocycles. The molecule has 10 aromatic rings. The van der Waals surface area contributed by atoms with E-state index < -0.39 is 84.6 Å². The van der Waals surface area contributed by atoms with Crippen molar-refractivity contribution in [2.75, 3.05) is 0 Å². The molecule has 0 saturated heterocycles. The fourth-order valence-electron chi connectivity index (χ4n) is 8.92. The summed E-state index contributed by atoms with van der Waals surface area (Å²) in [6, 6.07) is 32.5. The van der Waals surface area contributed by atoms with E-state index in [-0.39, 0.29) is 54.9 Å². The van der Waals surface area contributed by atoms with Crippen LogP contribution in [-0.4, -0.2) is 94.3 Å². The van der Waals surface area contributed by atoms with E-state index >= 15 is 0 Å². The maximum Gasteiger partial charge on any atom is 0.183 e. The first-order chi connectivity index (χ1) is 30.6. The molecule has 0 amide bonds. The van der Waals surface area contributed by atoms with Crippen LogP contribution in [0.4, 0.5) is 0 Å². The highest BCUT2D eigenvalue weighted by Gasteiger charge is 2.35. The number of phenols is 9. The number of hydrogen-bond donors (Lipinski definition) is 9. The number of benzene rings is 8. The van der Waals surface area contributed by atoms with Crippen molar-refractivity contribution in [2.24, 2.45) is 0 Å². The molecule has 0 bridgehead atoms. The Balaban J connectivity index is 1.38. The van der Waals surface area contributed by atoms with E-state index in [0.717, 1.165) is 26.8 Å². The molecule has 0 saturated carbocycles. The molecule has 0 unspecified atom stereocenters. The molecule has 8 aromatic carbocycles. The minimum Gasteiger partial charge on any atom is -0.509 e. The number of nitrogens with zero attached hydrogens (tertiary/aromatic N) is 2. The highest BCUT2D eigenvalue weighted by atomic mass is 16.3. The van der Waals surface area contributed by atoms with Gasteiger partial charge in [0.15, 0.2) is 23.0 Å². The van der Waals surface area contributed by atoms with E-state index in [0.29, 0.717) is 5.69 Å². The van der Waals surface area contributed by atoms with E-state index in [4.69, 9.17) is 39.2 Å². The molecule has 0 aliphatic rings. The fourth-order valence-corrected chi connectivity index (χ4v) is 8.92. The van der Waals surface area contributed by atoms with Gasteiger partial charge in [-0.25, -0.2) is 0 Å². The van der Waals surface area contributed by atoms with E-state index in [1.165, 1.54) is 4.57 Å². The van der Waals surface area contributed by atoms with Gasteiger partial charge in [0.05, 0.1) is 32.9 Å². The molecule has 0 spiro atoms. The summed E-state index contributed by atoms with van der Waals surface area (Å²) in [7, 11) is 32.6. The molecule has 298 valence electrons. The van der Waals surface area contributed by atoms with Crippen LogP contribution >= 0.6 is 0 Å². The van der Waals surface area contributed by atoms with Gasteiger partial charge >= 0.3 is 0 Å². The van der Waals surface area contributed by atoms with Gasteiger partial charge in [0.25, 0.3) is 0 Å². The van der Waals surface area contributed by atoms with Gasteiger partial charge in [-0.1, -0.05) is 89.8 Å². The highest BCUT2D eigenvalue weighted by Crippen LogP contribution is 2.59. The van der Waals surface area contributed by atoms with Crippen molar-refractivity contribution in [3.05, 3.63) is 109 Å². The zero-order valence-electron chi connectivity index (χ0n) is 33.2. The highest BCUT2D eigenvalue weighted by molar-refractivity contribution is 6.60. The molecule has 11 nitrogen and oxygen atoms in total. The number of fused-ring (bicyclic) bond motifs is 6. The summed E-state index contributed by atoms with van der Waals surface area (Å²) in [4.78, 5) is 0. The van der Waals surface area contributed by atoms with Crippen LogP contribution in [0, 0.1) is 0 Å². The molecular weight excluding hydrogens is 803 g/mol. The summed E-state index contributed by atoms with van der Waals surface area (Å²) in [6.45, 7) is 0. The topological polar surface area (TPSA) is 192 Å². The lowest BCUT2D eigenvalue weighted by molar-refractivity contribution is 0.401. The first-order valence-corrected chi connectivity index (χ1v) is 19.5. The predicted molar refractivity (Wildman–Crippen MR) is 253 cm³/mol. The van der Waals surface area contributed by atoms with Gasteiger partial charge in [0.1, 0.15) is 79.0 Å². The third kappa shape index (κ3) is 5.35. The Bertz CT molecular complexity index is 3600. The van der Waals surface area contributed by atoms with Gasteiger partial charge in [-0.3, -0.25) is 0 Å². The van der Waals surface area contributed by atoms with Gasteiger partial charge in [-0.05, 0) is 69.0 Å². The van der Waals surface area contributed by atoms with E-state index in [1.54, 1.807) is 30.3 Å². The second-order valence-corrected chi connectivity index (χ2v) is 15.4. The van der Waals surface area contributed by atoms with Gasteiger partial charge in [0, 0.05) is 22.1 Å². The fraction of sp³-hybridized carbons (Fsp3) is 0. The molecule has 0 aliphatic carbocycles. The average Bonchev–Trinajstić information content (AvgIpc) is 3.88. The minimum absolute atomic E-state index is 0.00956. The predicted octanol–water partition coefficient (Wildman–Crippen LogP) is 4.20. The molecule has 0 fully saturated rings. The van der Waals surface area contributed by atoms with Crippen LogP contribution < -0.4 is 27.3 Å². The third-order valence-electron chi connectivity index (χ3n) is 11.9. The molecule has 64 heavy (non-hydrogen) atoms. The monoisotopic (exact) mass is 830 g/mol. The zero-order valence-corrected chi connectivity index (χ0v) is 33.2. The largest absolute Gasteiger partial charge is 0.509 e. The lowest BCUT2D eigenvalue weighted by atomic mass is 9.73. The van der Waals surface area contributed by atoms with Crippen LogP contribution in [0.1, 0.15) is 0 Å². The van der Waals surface area contributed by atoms with Crippen LogP contribution in [0.15, 0.2) is 109 Å². The summed E-state index contributed by atoms with van der Waals surface area (Å²) in [6.07, 6.45) is 0. The standard InChI is InChI=1S/C48H27B5N2O9/c49-31-25-26-37(55(36(25)34(52)45(61)32(31)50)24-17-21(19-10-4-1-5-11-19)16-22(18-24)20-12-6-2-7-13-20)33(51)43(59)29(40(26)56)30-41(57)27-28-39(48(64)46(62)35(53)42(28)58)54(23-14-8-3-9-15-23)38(27)47(63)44(30)60/h1-18,56-64H. The molecular formula is C48H27B5N2O9. The van der Waals surface area contributed by atoms with Gasteiger partial charge in [0.2, 0.25) is 0 Å². The first kappa shape index (κ1) is 40.0. The summed E-state index contributed by atoms with van der Waals surface area (Å²) >= 11 is 0. The van der Waals surface area contributed by atoms with Crippen molar-refractivity contribution in [1.29, 1.82) is 0 Å². The molecule has 9 N–H and O–H groups in total. The van der Waals surface area contributed by atoms with Crippen LogP contribution in [0.5, 0.6) is 51.7 Å². The Hall–Kier alpha value is -8.12. The SMILES string of the molecule is [B]c1c(O)c([B])c2c(c1[B])c1c(O)c(-c3c(O)c(O)c4c(c3O)c3c(O)c([B])c(O)c(O)c3n4-c3ccccc3)c(O)c([B])c1n2-c1cc(-c2ccccc2)cc(-c2ccccc2)c1. The number of aromatic nitrogens is 2. The average molecular weight is 830 g/mol. The van der Waals surface area contributed by atoms with E-state index in [9.17, 15) is 46.0 Å². The number of phenolic OH excluding ortho intramolecular Hbond substituents is 9. The summed E-state index contributed by atoms with van der Waals surface area (Å²) < 4.78 is 2.66. The smallest absolute Gasteiger partial charge is 0.183 e. The van der Waals surface area contributed by atoms with Crippen molar-refractivity contribution in [3.63, 3.8) is 0 Å². The van der Waals surface area contributed by atoms with Crippen LogP contribution in [0.3, 0.4) is 0 Å². The Morgan fingerprint density at radius 1 is 0.281 bits per heavy atom.